The van der Waals surface area contributed by atoms with Crippen molar-refractivity contribution in [2.75, 3.05) is 24.6 Å². The normalized spacial score (nSPS) is 21.6. The summed E-state index contributed by atoms with van der Waals surface area (Å²) >= 11 is 3.58. The van der Waals surface area contributed by atoms with Crippen LogP contribution >= 0.6 is 15.9 Å². The zero-order chi connectivity index (χ0) is 14.5. The highest BCUT2D eigenvalue weighted by Gasteiger charge is 2.18. The van der Waals surface area contributed by atoms with Crippen LogP contribution < -0.4 is 10.6 Å². The maximum atomic E-state index is 6.15. The Morgan fingerprint density at radius 3 is 3.05 bits per heavy atom. The van der Waals surface area contributed by atoms with E-state index in [1.807, 2.05) is 0 Å². The molecule has 0 spiro atoms. The summed E-state index contributed by atoms with van der Waals surface area (Å²) in [6, 6.07) is 6.76. The van der Waals surface area contributed by atoms with Gasteiger partial charge < -0.3 is 15.4 Å². The van der Waals surface area contributed by atoms with Gasteiger partial charge >= 0.3 is 0 Å². The van der Waals surface area contributed by atoms with Crippen LogP contribution in [0.5, 0.6) is 0 Å². The smallest absolute Gasteiger partial charge is 0.0721 e. The monoisotopic (exact) mass is 340 g/mol. The number of rotatable bonds is 4. The first kappa shape index (κ1) is 15.8. The predicted molar refractivity (Wildman–Crippen MR) is 88.4 cm³/mol. The van der Waals surface area contributed by atoms with E-state index in [-0.39, 0.29) is 12.1 Å². The highest BCUT2D eigenvalue weighted by molar-refractivity contribution is 9.10. The average Bonchev–Trinajstić information content (AvgIpc) is 2.63. The number of hydrogen-bond acceptors (Lipinski definition) is 3. The van der Waals surface area contributed by atoms with Crippen molar-refractivity contribution in [2.24, 2.45) is 5.73 Å². The molecule has 0 aliphatic carbocycles. The molecule has 0 radical (unpaired) electrons. The van der Waals surface area contributed by atoms with Crippen molar-refractivity contribution in [1.29, 1.82) is 0 Å². The quantitative estimate of drug-likeness (QED) is 0.913. The summed E-state index contributed by atoms with van der Waals surface area (Å²) in [5.74, 6) is 0. The SMILES string of the molecule is CCC(N)Cc1cc(Br)ccc1N1CCCOC(C)C1. The number of hydrogen-bond donors (Lipinski definition) is 1. The van der Waals surface area contributed by atoms with Gasteiger partial charge in [-0.25, -0.2) is 0 Å². The average molecular weight is 341 g/mol. The van der Waals surface area contributed by atoms with Crippen molar-refractivity contribution in [2.45, 2.75) is 45.3 Å². The van der Waals surface area contributed by atoms with Crippen molar-refractivity contribution < 1.29 is 4.74 Å². The van der Waals surface area contributed by atoms with Crippen LogP contribution in [0.4, 0.5) is 5.69 Å². The van der Waals surface area contributed by atoms with E-state index < -0.39 is 0 Å². The topological polar surface area (TPSA) is 38.5 Å². The van der Waals surface area contributed by atoms with Crippen LogP contribution in [-0.2, 0) is 11.2 Å². The van der Waals surface area contributed by atoms with Crippen molar-refractivity contribution in [1.82, 2.24) is 0 Å². The first-order valence-electron chi connectivity index (χ1n) is 7.50. The van der Waals surface area contributed by atoms with Crippen LogP contribution in [0.1, 0.15) is 32.3 Å². The van der Waals surface area contributed by atoms with E-state index in [9.17, 15) is 0 Å². The lowest BCUT2D eigenvalue weighted by molar-refractivity contribution is 0.0821. The van der Waals surface area contributed by atoms with Crippen LogP contribution in [0, 0.1) is 0 Å². The van der Waals surface area contributed by atoms with Gasteiger partial charge in [-0.1, -0.05) is 22.9 Å². The standard InChI is InChI=1S/C16H25BrN2O/c1-3-15(18)10-13-9-14(17)5-6-16(13)19-7-4-8-20-12(2)11-19/h5-6,9,12,15H,3-4,7-8,10-11,18H2,1-2H3. The molecule has 1 aliphatic rings. The highest BCUT2D eigenvalue weighted by atomic mass is 79.9. The van der Waals surface area contributed by atoms with Gasteiger partial charge in [0.2, 0.25) is 0 Å². The summed E-state index contributed by atoms with van der Waals surface area (Å²) in [6.45, 7) is 7.16. The Kier molecular flexibility index (Phi) is 5.87. The second-order valence-electron chi connectivity index (χ2n) is 5.63. The third-order valence-corrected chi connectivity index (χ3v) is 4.33. The minimum Gasteiger partial charge on any atom is -0.377 e. The fraction of sp³-hybridized carbons (Fsp3) is 0.625. The Balaban J connectivity index is 2.24. The summed E-state index contributed by atoms with van der Waals surface area (Å²) in [7, 11) is 0. The van der Waals surface area contributed by atoms with Gasteiger partial charge in [-0.2, -0.15) is 0 Å². The molecule has 0 aromatic heterocycles. The lowest BCUT2D eigenvalue weighted by Gasteiger charge is -2.27. The van der Waals surface area contributed by atoms with Gasteiger partial charge in [0.05, 0.1) is 6.10 Å². The number of nitrogens with two attached hydrogens (primary N) is 1. The lowest BCUT2D eigenvalue weighted by atomic mass is 10.0. The molecular formula is C16H25BrN2O. The van der Waals surface area contributed by atoms with Gasteiger partial charge in [0.15, 0.2) is 0 Å². The van der Waals surface area contributed by atoms with Crippen molar-refractivity contribution >= 4 is 21.6 Å². The Hall–Kier alpha value is -0.580. The third-order valence-electron chi connectivity index (χ3n) is 3.84. The molecule has 2 rings (SSSR count). The Bertz CT molecular complexity index is 438. The molecule has 112 valence electrons. The summed E-state index contributed by atoms with van der Waals surface area (Å²) in [5.41, 5.74) is 8.80. The van der Waals surface area contributed by atoms with Crippen molar-refractivity contribution in [3.8, 4) is 0 Å². The fourth-order valence-electron chi connectivity index (χ4n) is 2.67. The molecule has 1 aliphatic heterocycles. The molecule has 4 heteroatoms. The first-order chi connectivity index (χ1) is 9.60. The van der Waals surface area contributed by atoms with Gasteiger partial charge in [0.25, 0.3) is 0 Å². The molecule has 2 N–H and O–H groups in total. The molecule has 1 aromatic rings. The Labute approximate surface area is 130 Å². The molecule has 2 unspecified atom stereocenters. The minimum absolute atomic E-state index is 0.226. The van der Waals surface area contributed by atoms with Crippen molar-refractivity contribution in [3.63, 3.8) is 0 Å². The number of anilines is 1. The van der Waals surface area contributed by atoms with Crippen LogP contribution in [0.15, 0.2) is 22.7 Å². The molecule has 1 saturated heterocycles. The van der Waals surface area contributed by atoms with Crippen molar-refractivity contribution in [3.05, 3.63) is 28.2 Å². The summed E-state index contributed by atoms with van der Waals surface area (Å²) in [4.78, 5) is 2.45. The zero-order valence-corrected chi connectivity index (χ0v) is 14.0. The molecule has 20 heavy (non-hydrogen) atoms. The largest absolute Gasteiger partial charge is 0.377 e. The van der Waals surface area contributed by atoms with E-state index in [2.05, 4.69) is 52.9 Å². The number of nitrogens with zero attached hydrogens (tertiary/aromatic N) is 1. The molecular weight excluding hydrogens is 316 g/mol. The number of benzene rings is 1. The summed E-state index contributed by atoms with van der Waals surface area (Å²) in [5, 5.41) is 0. The molecule has 1 heterocycles. The highest BCUT2D eigenvalue weighted by Crippen LogP contribution is 2.27. The predicted octanol–water partition coefficient (Wildman–Crippen LogP) is 3.34. The second kappa shape index (κ2) is 7.43. The number of ether oxygens (including phenoxy) is 1. The maximum Gasteiger partial charge on any atom is 0.0721 e. The zero-order valence-electron chi connectivity index (χ0n) is 12.4. The lowest BCUT2D eigenvalue weighted by Crippen LogP contribution is -2.32. The van der Waals surface area contributed by atoms with Gasteiger partial charge in [-0.05, 0) is 49.9 Å². The summed E-state index contributed by atoms with van der Waals surface area (Å²) < 4.78 is 6.87. The van der Waals surface area contributed by atoms with Gasteiger partial charge in [0.1, 0.15) is 0 Å². The van der Waals surface area contributed by atoms with E-state index >= 15 is 0 Å². The van der Waals surface area contributed by atoms with Gasteiger partial charge in [-0.3, -0.25) is 0 Å². The molecule has 2 atom stereocenters. The van der Waals surface area contributed by atoms with Crippen LogP contribution in [-0.4, -0.2) is 31.8 Å². The van der Waals surface area contributed by atoms with E-state index in [1.54, 1.807) is 0 Å². The molecule has 0 bridgehead atoms. The molecule has 0 amide bonds. The second-order valence-corrected chi connectivity index (χ2v) is 6.54. The van der Waals surface area contributed by atoms with Crippen LogP contribution in [0.2, 0.25) is 0 Å². The fourth-order valence-corrected chi connectivity index (χ4v) is 3.07. The molecule has 1 aromatic carbocycles. The molecule has 3 nitrogen and oxygen atoms in total. The van der Waals surface area contributed by atoms with E-state index in [0.717, 1.165) is 43.4 Å². The molecule has 1 fully saturated rings. The molecule has 0 saturated carbocycles. The van der Waals surface area contributed by atoms with Crippen LogP contribution in [0.25, 0.3) is 0 Å². The Morgan fingerprint density at radius 2 is 2.30 bits per heavy atom. The minimum atomic E-state index is 0.226. The summed E-state index contributed by atoms with van der Waals surface area (Å²) in [6.07, 6.45) is 3.30. The van der Waals surface area contributed by atoms with Gasteiger partial charge in [0, 0.05) is 35.9 Å². The van der Waals surface area contributed by atoms with E-state index in [1.165, 1.54) is 11.3 Å². The number of halogens is 1. The third kappa shape index (κ3) is 4.21. The maximum absolute atomic E-state index is 6.15. The Morgan fingerprint density at radius 1 is 1.50 bits per heavy atom. The van der Waals surface area contributed by atoms with Gasteiger partial charge in [-0.15, -0.1) is 0 Å². The van der Waals surface area contributed by atoms with E-state index in [0.29, 0.717) is 0 Å². The first-order valence-corrected chi connectivity index (χ1v) is 8.30. The van der Waals surface area contributed by atoms with Crippen LogP contribution in [0.3, 0.4) is 0 Å². The van der Waals surface area contributed by atoms with E-state index in [4.69, 9.17) is 10.5 Å².